The van der Waals surface area contributed by atoms with E-state index in [1.165, 1.54) is 18.2 Å². The van der Waals surface area contributed by atoms with Gasteiger partial charge < -0.3 is 15.9 Å². The zero-order valence-corrected chi connectivity index (χ0v) is 10.6. The van der Waals surface area contributed by atoms with Crippen LogP contribution in [0.5, 0.6) is 5.75 Å². The lowest BCUT2D eigenvalue weighted by Gasteiger charge is -2.13. The summed E-state index contributed by atoms with van der Waals surface area (Å²) in [5.74, 6) is -1.30. The van der Waals surface area contributed by atoms with E-state index in [4.69, 9.17) is 10.8 Å². The van der Waals surface area contributed by atoms with Crippen LogP contribution in [0.25, 0.3) is 0 Å². The van der Waals surface area contributed by atoms with Gasteiger partial charge in [0.1, 0.15) is 5.75 Å². The Morgan fingerprint density at radius 1 is 1.56 bits per heavy atom. The van der Waals surface area contributed by atoms with Crippen LogP contribution in [0.3, 0.4) is 0 Å². The van der Waals surface area contributed by atoms with E-state index in [0.717, 1.165) is 0 Å². The van der Waals surface area contributed by atoms with Crippen LogP contribution in [-0.2, 0) is 0 Å². The van der Waals surface area contributed by atoms with E-state index in [0.29, 0.717) is 4.47 Å². The van der Waals surface area contributed by atoms with Gasteiger partial charge in [-0.1, -0.05) is 6.08 Å². The first-order valence-corrected chi connectivity index (χ1v) is 4.91. The number of carboxylic acids is 1. The Bertz CT molecular complexity index is 423. The summed E-state index contributed by atoms with van der Waals surface area (Å²) >= 11 is 3.09. The molecule has 0 saturated heterocycles. The van der Waals surface area contributed by atoms with Gasteiger partial charge in [0.2, 0.25) is 0 Å². The molecule has 0 aromatic heterocycles. The highest BCUT2D eigenvalue weighted by Gasteiger charge is 2.19. The Morgan fingerprint density at radius 2 is 2.12 bits per heavy atom. The number of rotatable bonds is 3. The predicted molar refractivity (Wildman–Crippen MR) is 67.1 cm³/mol. The highest BCUT2D eigenvalue weighted by molar-refractivity contribution is 9.10. The minimum Gasteiger partial charge on any atom is -0.506 e. The van der Waals surface area contributed by atoms with E-state index in [-0.39, 0.29) is 29.3 Å². The third-order valence-corrected chi connectivity index (χ3v) is 2.63. The molecule has 0 aliphatic carbocycles. The van der Waals surface area contributed by atoms with Crippen molar-refractivity contribution < 1.29 is 15.0 Å². The molecule has 6 heteroatoms. The number of hydrogen-bond acceptors (Lipinski definition) is 3. The highest BCUT2D eigenvalue weighted by atomic mass is 79.9. The molecule has 1 rings (SSSR count). The molecule has 0 saturated carbocycles. The van der Waals surface area contributed by atoms with E-state index >= 15 is 0 Å². The average Bonchev–Trinajstić information content (AvgIpc) is 2.20. The Balaban J connectivity index is 0.00000225. The summed E-state index contributed by atoms with van der Waals surface area (Å²) in [6.45, 7) is 3.46. The van der Waals surface area contributed by atoms with Crippen LogP contribution in [0.4, 0.5) is 0 Å². The summed E-state index contributed by atoms with van der Waals surface area (Å²) in [5.41, 5.74) is 5.77. The Labute approximate surface area is 107 Å². The zero-order valence-electron chi connectivity index (χ0n) is 8.18. The topological polar surface area (TPSA) is 83.6 Å². The number of phenols is 1. The van der Waals surface area contributed by atoms with Crippen LogP contribution in [0.2, 0.25) is 0 Å². The smallest absolute Gasteiger partial charge is 0.336 e. The number of carbonyl (C=O) groups is 1. The lowest BCUT2D eigenvalue weighted by atomic mass is 10.00. The molecule has 1 aromatic carbocycles. The van der Waals surface area contributed by atoms with Crippen molar-refractivity contribution in [1.29, 1.82) is 0 Å². The molecular weight excluding hydrogens is 297 g/mol. The molecule has 88 valence electrons. The van der Waals surface area contributed by atoms with Crippen molar-refractivity contribution in [3.05, 3.63) is 40.4 Å². The predicted octanol–water partition coefficient (Wildman–Crippen LogP) is 2.46. The second kappa shape index (κ2) is 5.89. The van der Waals surface area contributed by atoms with Gasteiger partial charge in [0.25, 0.3) is 0 Å². The summed E-state index contributed by atoms with van der Waals surface area (Å²) < 4.78 is 0.403. The number of carboxylic acid groups (broad SMARTS) is 1. The van der Waals surface area contributed by atoms with Crippen LogP contribution >= 0.6 is 28.3 Å². The fourth-order valence-corrected chi connectivity index (χ4v) is 1.57. The van der Waals surface area contributed by atoms with Crippen molar-refractivity contribution in [1.82, 2.24) is 0 Å². The SMILES string of the molecule is C=C[C@H](N)c1c(C(=O)O)ccc(Br)c1O.Cl. The second-order valence-electron chi connectivity index (χ2n) is 2.92. The van der Waals surface area contributed by atoms with Gasteiger partial charge in [0, 0.05) is 5.56 Å². The van der Waals surface area contributed by atoms with Crippen molar-refractivity contribution in [2.45, 2.75) is 6.04 Å². The molecule has 16 heavy (non-hydrogen) atoms. The number of benzene rings is 1. The van der Waals surface area contributed by atoms with E-state index < -0.39 is 12.0 Å². The highest BCUT2D eigenvalue weighted by Crippen LogP contribution is 2.34. The molecular formula is C10H11BrClNO3. The number of hydrogen-bond donors (Lipinski definition) is 3. The molecule has 4 N–H and O–H groups in total. The number of phenolic OH excluding ortho intramolecular Hbond substituents is 1. The molecule has 0 spiro atoms. The first-order valence-electron chi connectivity index (χ1n) is 4.11. The summed E-state index contributed by atoms with van der Waals surface area (Å²) in [5, 5.41) is 18.6. The van der Waals surface area contributed by atoms with Crippen molar-refractivity contribution in [2.24, 2.45) is 5.73 Å². The molecule has 1 atom stereocenters. The first kappa shape index (κ1) is 15.0. The summed E-state index contributed by atoms with van der Waals surface area (Å²) in [6, 6.07) is 2.12. The van der Waals surface area contributed by atoms with Gasteiger partial charge in [-0.05, 0) is 28.1 Å². The van der Waals surface area contributed by atoms with Gasteiger partial charge in [-0.3, -0.25) is 0 Å². The molecule has 0 heterocycles. The van der Waals surface area contributed by atoms with Crippen LogP contribution in [0.15, 0.2) is 29.3 Å². The Hall–Kier alpha value is -1.04. The fourth-order valence-electron chi connectivity index (χ4n) is 1.22. The largest absolute Gasteiger partial charge is 0.506 e. The Kier molecular flexibility index (Phi) is 5.50. The minimum absolute atomic E-state index is 0. The summed E-state index contributed by atoms with van der Waals surface area (Å²) in [6.07, 6.45) is 1.37. The van der Waals surface area contributed by atoms with Gasteiger partial charge in [0.15, 0.2) is 0 Å². The molecule has 1 aromatic rings. The fraction of sp³-hybridized carbons (Fsp3) is 0.100. The van der Waals surface area contributed by atoms with Gasteiger partial charge in [-0.25, -0.2) is 4.79 Å². The normalized spacial score (nSPS) is 11.4. The van der Waals surface area contributed by atoms with Crippen molar-refractivity contribution in [3.8, 4) is 5.75 Å². The molecule has 0 aliphatic heterocycles. The van der Waals surface area contributed by atoms with Gasteiger partial charge in [0.05, 0.1) is 16.1 Å². The van der Waals surface area contributed by atoms with E-state index in [9.17, 15) is 9.90 Å². The van der Waals surface area contributed by atoms with Crippen LogP contribution in [0, 0.1) is 0 Å². The lowest BCUT2D eigenvalue weighted by molar-refractivity contribution is 0.0694. The van der Waals surface area contributed by atoms with Crippen LogP contribution in [-0.4, -0.2) is 16.2 Å². The summed E-state index contributed by atoms with van der Waals surface area (Å²) in [4.78, 5) is 10.9. The minimum atomic E-state index is -1.13. The van der Waals surface area contributed by atoms with Gasteiger partial charge >= 0.3 is 5.97 Å². The molecule has 0 radical (unpaired) electrons. The van der Waals surface area contributed by atoms with Crippen LogP contribution < -0.4 is 5.73 Å². The number of nitrogens with two attached hydrogens (primary N) is 1. The maximum absolute atomic E-state index is 10.9. The van der Waals surface area contributed by atoms with E-state index in [1.807, 2.05) is 0 Å². The third-order valence-electron chi connectivity index (χ3n) is 1.99. The zero-order chi connectivity index (χ0) is 11.6. The van der Waals surface area contributed by atoms with Crippen molar-refractivity contribution in [3.63, 3.8) is 0 Å². The van der Waals surface area contributed by atoms with Gasteiger partial charge in [-0.2, -0.15) is 0 Å². The monoisotopic (exact) mass is 307 g/mol. The van der Waals surface area contributed by atoms with Crippen molar-refractivity contribution in [2.75, 3.05) is 0 Å². The molecule has 0 fully saturated rings. The van der Waals surface area contributed by atoms with Gasteiger partial charge in [-0.15, -0.1) is 19.0 Å². The molecule has 0 unspecified atom stereocenters. The maximum atomic E-state index is 10.9. The molecule has 0 aliphatic rings. The molecule has 4 nitrogen and oxygen atoms in total. The number of aromatic hydroxyl groups is 1. The molecule has 0 bridgehead atoms. The first-order chi connectivity index (χ1) is 6.99. The van der Waals surface area contributed by atoms with E-state index in [2.05, 4.69) is 22.5 Å². The number of aromatic carboxylic acids is 1. The van der Waals surface area contributed by atoms with E-state index in [1.54, 1.807) is 0 Å². The Morgan fingerprint density at radius 3 is 2.56 bits per heavy atom. The third kappa shape index (κ3) is 2.75. The summed E-state index contributed by atoms with van der Waals surface area (Å²) in [7, 11) is 0. The lowest BCUT2D eigenvalue weighted by Crippen LogP contribution is -2.13. The van der Waals surface area contributed by atoms with Crippen LogP contribution in [0.1, 0.15) is 22.0 Å². The maximum Gasteiger partial charge on any atom is 0.336 e. The number of halogens is 2. The quantitative estimate of drug-likeness (QED) is 0.749. The average molecular weight is 309 g/mol. The standard InChI is InChI=1S/C10H10BrNO3.ClH/c1-2-7(12)8-5(10(14)15)3-4-6(11)9(8)13;/h2-4,7,13H,1,12H2,(H,14,15);1H/t7-;/m0./s1. The molecule has 0 amide bonds. The van der Waals surface area contributed by atoms with Crippen molar-refractivity contribution >= 4 is 34.3 Å². The second-order valence-corrected chi connectivity index (χ2v) is 3.78.